The van der Waals surface area contributed by atoms with Gasteiger partial charge in [0, 0.05) is 13.1 Å². The molecule has 1 heterocycles. The summed E-state index contributed by atoms with van der Waals surface area (Å²) in [4.78, 5) is 30.2. The molecule has 0 radical (unpaired) electrons. The quantitative estimate of drug-likeness (QED) is 0.343. The van der Waals surface area contributed by atoms with Crippen LogP contribution in [0.4, 0.5) is 0 Å². The van der Waals surface area contributed by atoms with Gasteiger partial charge in [-0.25, -0.2) is 0 Å². The van der Waals surface area contributed by atoms with E-state index >= 15 is 0 Å². The van der Waals surface area contributed by atoms with Gasteiger partial charge < -0.3 is 19.6 Å². The summed E-state index contributed by atoms with van der Waals surface area (Å²) < 4.78 is 5.43. The molecule has 1 amide bonds. The fraction of sp³-hybridized carbons (Fsp3) is 0.385. The van der Waals surface area contributed by atoms with Crippen LogP contribution in [-0.4, -0.2) is 59.9 Å². The Balaban J connectivity index is 2.20. The molecule has 1 aliphatic heterocycles. The molecule has 0 aliphatic carbocycles. The van der Waals surface area contributed by atoms with Crippen molar-refractivity contribution in [3.63, 3.8) is 0 Å². The third-order valence-electron chi connectivity index (χ3n) is 6.10. The van der Waals surface area contributed by atoms with Crippen LogP contribution in [0.3, 0.4) is 0 Å². The number of likely N-dealkylation sites (tertiary alicyclic amines) is 1. The van der Waals surface area contributed by atoms with Crippen molar-refractivity contribution in [2.75, 3.05) is 33.3 Å². The van der Waals surface area contributed by atoms with Gasteiger partial charge in [-0.05, 0) is 50.2 Å². The third-order valence-corrected chi connectivity index (χ3v) is 6.38. The second kappa shape index (κ2) is 10.4. The highest BCUT2D eigenvalue weighted by Crippen LogP contribution is 2.42. The van der Waals surface area contributed by atoms with Crippen LogP contribution >= 0.6 is 11.6 Å². The summed E-state index contributed by atoms with van der Waals surface area (Å²) in [5.74, 6) is -1.35. The number of nitrogens with zero attached hydrogens (tertiary/aromatic N) is 2. The van der Waals surface area contributed by atoms with E-state index in [4.69, 9.17) is 16.3 Å². The summed E-state index contributed by atoms with van der Waals surface area (Å²) in [6.07, 6.45) is 0. The first-order valence-electron chi connectivity index (χ1n) is 11.1. The van der Waals surface area contributed by atoms with Crippen molar-refractivity contribution in [2.45, 2.75) is 33.7 Å². The zero-order valence-electron chi connectivity index (χ0n) is 19.8. The zero-order chi connectivity index (χ0) is 24.3. The molecule has 1 fully saturated rings. The molecule has 1 aliphatic rings. The first kappa shape index (κ1) is 24.8. The summed E-state index contributed by atoms with van der Waals surface area (Å²) in [6, 6.07) is 10.4. The molecule has 1 atom stereocenters. The van der Waals surface area contributed by atoms with Crippen LogP contribution in [-0.2, 0) is 9.59 Å². The van der Waals surface area contributed by atoms with Gasteiger partial charge in [0.15, 0.2) is 0 Å². The Hall–Kier alpha value is -2.83. The number of ketones is 1. The lowest BCUT2D eigenvalue weighted by molar-refractivity contribution is -0.140. The largest absolute Gasteiger partial charge is 0.507 e. The van der Waals surface area contributed by atoms with E-state index in [0.29, 0.717) is 23.7 Å². The fourth-order valence-electron chi connectivity index (χ4n) is 4.34. The molecule has 0 saturated carbocycles. The molecule has 2 aromatic rings. The maximum Gasteiger partial charge on any atom is 0.295 e. The highest BCUT2D eigenvalue weighted by atomic mass is 35.5. The van der Waals surface area contributed by atoms with Gasteiger partial charge in [0.25, 0.3) is 11.7 Å². The van der Waals surface area contributed by atoms with Crippen LogP contribution in [0.25, 0.3) is 5.76 Å². The van der Waals surface area contributed by atoms with Crippen LogP contribution in [0.1, 0.15) is 42.1 Å². The van der Waals surface area contributed by atoms with E-state index in [9.17, 15) is 14.7 Å². The zero-order valence-corrected chi connectivity index (χ0v) is 20.6. The number of aryl methyl sites for hydroxylation is 2. The fourth-order valence-corrected chi connectivity index (χ4v) is 4.69. The third kappa shape index (κ3) is 4.92. The monoisotopic (exact) mass is 470 g/mol. The first-order valence-corrected chi connectivity index (χ1v) is 11.5. The van der Waals surface area contributed by atoms with E-state index in [1.165, 1.54) is 7.11 Å². The summed E-state index contributed by atoms with van der Waals surface area (Å²) in [5.41, 5.74) is 2.91. The number of carbonyl (C=O) groups excluding carboxylic acids is 2. The summed E-state index contributed by atoms with van der Waals surface area (Å²) in [5, 5.41) is 11.7. The normalized spacial score (nSPS) is 17.8. The van der Waals surface area contributed by atoms with Gasteiger partial charge in [-0.1, -0.05) is 55.3 Å². The number of aliphatic hydroxyl groups excluding tert-OH is 1. The Morgan fingerprint density at radius 2 is 1.82 bits per heavy atom. The molecule has 1 unspecified atom stereocenters. The van der Waals surface area contributed by atoms with Gasteiger partial charge >= 0.3 is 0 Å². The molecule has 0 bridgehead atoms. The number of aliphatic hydroxyl groups is 1. The molecule has 0 spiro atoms. The maximum atomic E-state index is 13.3. The van der Waals surface area contributed by atoms with Crippen LogP contribution in [0.2, 0.25) is 5.02 Å². The Labute approximate surface area is 200 Å². The van der Waals surface area contributed by atoms with Gasteiger partial charge in [0.2, 0.25) is 0 Å². The minimum absolute atomic E-state index is 0.0464. The molecule has 7 heteroatoms. The van der Waals surface area contributed by atoms with Crippen molar-refractivity contribution in [3.8, 4) is 5.75 Å². The Bertz CT molecular complexity index is 1090. The molecule has 6 nitrogen and oxygen atoms in total. The molecule has 1 N–H and O–H groups in total. The number of hydrogen-bond acceptors (Lipinski definition) is 5. The topological polar surface area (TPSA) is 70.1 Å². The number of halogens is 1. The van der Waals surface area contributed by atoms with E-state index in [1.54, 1.807) is 17.0 Å². The van der Waals surface area contributed by atoms with Crippen molar-refractivity contribution < 1.29 is 19.4 Å². The molecule has 2 aromatic carbocycles. The van der Waals surface area contributed by atoms with Crippen molar-refractivity contribution in [2.24, 2.45) is 0 Å². The van der Waals surface area contributed by atoms with E-state index in [0.717, 1.165) is 29.8 Å². The van der Waals surface area contributed by atoms with Crippen molar-refractivity contribution in [3.05, 3.63) is 69.2 Å². The smallest absolute Gasteiger partial charge is 0.295 e. The minimum atomic E-state index is -0.710. The molecule has 176 valence electrons. The molecular weight excluding hydrogens is 440 g/mol. The highest BCUT2D eigenvalue weighted by molar-refractivity contribution is 6.46. The number of ether oxygens (including phenoxy) is 1. The van der Waals surface area contributed by atoms with Gasteiger partial charge in [-0.15, -0.1) is 0 Å². The van der Waals surface area contributed by atoms with Crippen molar-refractivity contribution in [1.82, 2.24) is 9.80 Å². The van der Waals surface area contributed by atoms with Gasteiger partial charge in [0.1, 0.15) is 11.5 Å². The molecule has 1 saturated heterocycles. The molecule has 33 heavy (non-hydrogen) atoms. The number of benzene rings is 2. The number of amides is 1. The Morgan fingerprint density at radius 3 is 2.42 bits per heavy atom. The van der Waals surface area contributed by atoms with Crippen LogP contribution < -0.4 is 4.74 Å². The summed E-state index contributed by atoms with van der Waals surface area (Å²) in [7, 11) is 1.45. The average Bonchev–Trinajstić information content (AvgIpc) is 3.03. The average molecular weight is 471 g/mol. The van der Waals surface area contributed by atoms with E-state index in [2.05, 4.69) is 18.7 Å². The maximum absolute atomic E-state index is 13.3. The Kier molecular flexibility index (Phi) is 7.82. The number of Topliss-reactive ketones (excluding diaryl/α,β-unsaturated/α-hetero) is 1. The second-order valence-corrected chi connectivity index (χ2v) is 8.67. The van der Waals surface area contributed by atoms with Gasteiger partial charge in [0.05, 0.1) is 29.3 Å². The van der Waals surface area contributed by atoms with Crippen LogP contribution in [0.15, 0.2) is 42.0 Å². The molecular formula is C26H31ClN2O4. The first-order chi connectivity index (χ1) is 15.7. The predicted octanol–water partition coefficient (Wildman–Crippen LogP) is 4.73. The lowest BCUT2D eigenvalue weighted by Gasteiger charge is -2.28. The molecule has 0 aromatic heterocycles. The lowest BCUT2D eigenvalue weighted by Crippen LogP contribution is -2.38. The second-order valence-electron chi connectivity index (χ2n) is 8.26. The number of carbonyl (C=O) groups is 2. The van der Waals surface area contributed by atoms with E-state index in [1.807, 2.05) is 38.1 Å². The summed E-state index contributed by atoms with van der Waals surface area (Å²) >= 11 is 6.34. The SMILES string of the molecule is CCN(CC)CCN1C(=O)C(=O)/C(=C(/O)c2cc(C)cc(Cl)c2OC)C1c1cccc(C)c1. The van der Waals surface area contributed by atoms with Crippen LogP contribution in [0, 0.1) is 13.8 Å². The number of rotatable bonds is 8. The number of hydrogen-bond donors (Lipinski definition) is 1. The van der Waals surface area contributed by atoms with Crippen molar-refractivity contribution in [1.29, 1.82) is 0 Å². The van der Waals surface area contributed by atoms with E-state index in [-0.39, 0.29) is 17.1 Å². The molecule has 3 rings (SSSR count). The van der Waals surface area contributed by atoms with Crippen molar-refractivity contribution >= 4 is 29.1 Å². The number of methoxy groups -OCH3 is 1. The minimum Gasteiger partial charge on any atom is -0.507 e. The number of likely N-dealkylation sites (N-methyl/N-ethyl adjacent to an activating group) is 1. The highest BCUT2D eigenvalue weighted by Gasteiger charge is 2.46. The van der Waals surface area contributed by atoms with Crippen LogP contribution in [0.5, 0.6) is 5.75 Å². The lowest BCUT2D eigenvalue weighted by atomic mass is 9.93. The predicted molar refractivity (Wildman–Crippen MR) is 131 cm³/mol. The standard InChI is InChI=1S/C26H31ClN2O4/c1-6-28(7-2)11-12-29-22(18-10-8-9-16(3)13-18)21(24(31)26(29)32)23(30)19-14-17(4)15-20(27)25(19)33-5/h8-10,13-15,22,30H,6-7,11-12H2,1-5H3/b23-21+. The Morgan fingerprint density at radius 1 is 1.12 bits per heavy atom. The summed E-state index contributed by atoms with van der Waals surface area (Å²) in [6.45, 7) is 10.6. The van der Waals surface area contributed by atoms with Gasteiger partial charge in [-0.2, -0.15) is 0 Å². The van der Waals surface area contributed by atoms with Gasteiger partial charge in [-0.3, -0.25) is 9.59 Å². The van der Waals surface area contributed by atoms with E-state index < -0.39 is 17.7 Å².